The van der Waals surface area contributed by atoms with E-state index in [9.17, 15) is 49.2 Å². The van der Waals surface area contributed by atoms with Crippen molar-refractivity contribution in [1.29, 1.82) is 0 Å². The lowest BCUT2D eigenvalue weighted by molar-refractivity contribution is -0.141. The second kappa shape index (κ2) is 25.4. The number of unbranched alkanes of at least 4 members (excludes halogenated alkanes) is 3. The lowest BCUT2D eigenvalue weighted by Crippen LogP contribution is -2.53. The number of imide groups is 1. The third-order valence-corrected chi connectivity index (χ3v) is 13.3. The van der Waals surface area contributed by atoms with Crippen LogP contribution in [0.1, 0.15) is 83.5 Å². The van der Waals surface area contributed by atoms with Crippen molar-refractivity contribution in [2.24, 2.45) is 5.92 Å². The molecule has 0 spiro atoms. The third-order valence-electron chi connectivity index (χ3n) is 11.8. The Kier molecular flexibility index (Phi) is 20.7. The maximum Gasteiger partial charge on any atom is 0.321 e. The quantitative estimate of drug-likeness (QED) is 0.0570. The van der Waals surface area contributed by atoms with Crippen LogP contribution in [0, 0.1) is 5.92 Å². The Morgan fingerprint density at radius 3 is 2.05 bits per heavy atom. The molecule has 4 aliphatic rings. The molecule has 4 atom stereocenters. The summed E-state index contributed by atoms with van der Waals surface area (Å²) in [7, 11) is 0. The van der Waals surface area contributed by atoms with E-state index in [4.69, 9.17) is 0 Å². The fourth-order valence-corrected chi connectivity index (χ4v) is 10.0. The first-order chi connectivity index (χ1) is 27.9. The molecule has 19 nitrogen and oxygen atoms in total. The Balaban J connectivity index is 1.11. The number of hydrogen-bond acceptors (Lipinski definition) is 13. The summed E-state index contributed by atoms with van der Waals surface area (Å²) in [4.78, 5) is 79.9. The highest BCUT2D eigenvalue weighted by Crippen LogP contribution is 2.33. The van der Waals surface area contributed by atoms with Crippen LogP contribution in [0.4, 0.5) is 9.59 Å². The van der Waals surface area contributed by atoms with Gasteiger partial charge in [0.2, 0.25) is 11.8 Å². The van der Waals surface area contributed by atoms with Gasteiger partial charge in [-0.05, 0) is 63.7 Å². The number of carbonyl (C=O) groups excluding carboxylic acids is 4. The molecule has 3 aliphatic heterocycles. The number of aliphatic hydroxyl groups is 2. The third kappa shape index (κ3) is 17.1. The van der Waals surface area contributed by atoms with Gasteiger partial charge < -0.3 is 41.7 Å². The number of aliphatic hydroxyl groups excluding tert-OH is 2. The highest BCUT2D eigenvalue weighted by Gasteiger charge is 2.42. The van der Waals surface area contributed by atoms with Crippen LogP contribution in [-0.4, -0.2) is 190 Å². The predicted molar refractivity (Wildman–Crippen MR) is 217 cm³/mol. The molecule has 58 heavy (non-hydrogen) atoms. The number of nitrogens with zero attached hydrogens (tertiary/aromatic N) is 4. The summed E-state index contributed by atoms with van der Waals surface area (Å²) in [5.41, 5.74) is 0. The van der Waals surface area contributed by atoms with Crippen molar-refractivity contribution < 1.29 is 49.2 Å². The molecule has 4 rings (SSSR count). The first-order valence-electron chi connectivity index (χ1n) is 21.0. The first-order valence-corrected chi connectivity index (χ1v) is 22.1. The minimum atomic E-state index is -0.989. The molecular weight excluding hydrogens is 775 g/mol. The minimum absolute atomic E-state index is 0.0153. The van der Waals surface area contributed by atoms with Gasteiger partial charge in [-0.3, -0.25) is 44.1 Å². The second-order valence-electron chi connectivity index (χ2n) is 16.2. The number of carboxylic acids is 2. The standard InChI is InChI=1S/C38H67N9O10S/c48-25-44-14-15-45(26-49)18-19-47(23-35(54)55)29(21-46(17-16-44)22-34(52)53)20-27-9-11-28(12-10-27)40-37(56)42-33(51)8-2-1-5-13-39-32(50)7-4-3-6-31-36-30(24-58-31)41-38(57)43-36/h27-31,36,48-49H,1-26H2,(H,39,50)(H,52,53)(H,54,55)(H2,41,43,57)(H2,40,42,51,56). The minimum Gasteiger partial charge on any atom is -0.480 e. The van der Waals surface area contributed by atoms with Gasteiger partial charge in [-0.15, -0.1) is 0 Å². The SMILES string of the molecule is O=C(O)CN1CCN(CO)CCN(CO)CCN(CC(=O)O)C(CC2CCC(NC(=O)NC(=O)CCCCCNC(=O)CCCCC3SCC4NC(=O)NC43)CC2)C1. The van der Waals surface area contributed by atoms with E-state index < -0.39 is 18.0 Å². The fourth-order valence-electron chi connectivity index (χ4n) is 8.49. The molecule has 1 aliphatic carbocycles. The van der Waals surface area contributed by atoms with E-state index in [0.29, 0.717) is 89.7 Å². The number of fused-ring (bicyclic) bond motifs is 1. The van der Waals surface area contributed by atoms with Gasteiger partial charge >= 0.3 is 24.0 Å². The maximum atomic E-state index is 12.7. The molecule has 330 valence electrons. The zero-order valence-corrected chi connectivity index (χ0v) is 34.6. The molecule has 4 unspecified atom stereocenters. The molecule has 0 radical (unpaired) electrons. The van der Waals surface area contributed by atoms with Gasteiger partial charge in [0, 0.05) is 88.3 Å². The van der Waals surface area contributed by atoms with Crippen molar-refractivity contribution in [3.8, 4) is 0 Å². The van der Waals surface area contributed by atoms with E-state index >= 15 is 0 Å². The van der Waals surface area contributed by atoms with Crippen LogP contribution in [0.2, 0.25) is 0 Å². The van der Waals surface area contributed by atoms with Crippen LogP contribution in [0.3, 0.4) is 0 Å². The molecule has 3 saturated heterocycles. The molecule has 0 aromatic heterocycles. The predicted octanol–water partition coefficient (Wildman–Crippen LogP) is -0.177. The van der Waals surface area contributed by atoms with Gasteiger partial charge in [-0.2, -0.15) is 11.8 Å². The van der Waals surface area contributed by atoms with E-state index in [2.05, 4.69) is 26.6 Å². The summed E-state index contributed by atoms with van der Waals surface area (Å²) in [6.07, 6.45) is 8.97. The van der Waals surface area contributed by atoms with E-state index in [-0.39, 0.29) is 80.9 Å². The maximum absolute atomic E-state index is 12.7. The number of aliphatic carboxylic acids is 2. The number of hydrogen-bond donors (Lipinski definition) is 9. The van der Waals surface area contributed by atoms with E-state index in [1.165, 1.54) is 0 Å². The first kappa shape index (κ1) is 47.4. The second-order valence-corrected chi connectivity index (χ2v) is 17.4. The summed E-state index contributed by atoms with van der Waals surface area (Å²) in [5.74, 6) is -1.18. The van der Waals surface area contributed by atoms with Crippen LogP contribution in [-0.2, 0) is 19.2 Å². The van der Waals surface area contributed by atoms with Crippen LogP contribution in [0.5, 0.6) is 0 Å². The van der Waals surface area contributed by atoms with Crippen molar-refractivity contribution in [1.82, 2.24) is 46.2 Å². The van der Waals surface area contributed by atoms with E-state index in [0.717, 1.165) is 50.7 Å². The van der Waals surface area contributed by atoms with Crippen molar-refractivity contribution in [3.63, 3.8) is 0 Å². The highest BCUT2D eigenvalue weighted by molar-refractivity contribution is 8.00. The number of urea groups is 2. The number of amides is 6. The number of nitrogens with one attached hydrogen (secondary N) is 5. The lowest BCUT2D eigenvalue weighted by atomic mass is 9.82. The Morgan fingerprint density at radius 1 is 0.741 bits per heavy atom. The number of carbonyl (C=O) groups is 6. The highest BCUT2D eigenvalue weighted by atomic mass is 32.2. The average Bonchev–Trinajstić information content (AvgIpc) is 3.73. The van der Waals surface area contributed by atoms with Gasteiger partial charge in [0.05, 0.1) is 38.6 Å². The molecular formula is C38H67N9O10S. The van der Waals surface area contributed by atoms with Crippen molar-refractivity contribution >= 4 is 47.6 Å². The normalized spacial score (nSPS) is 26.7. The Bertz CT molecular complexity index is 1340. The van der Waals surface area contributed by atoms with Crippen LogP contribution >= 0.6 is 11.8 Å². The summed E-state index contributed by atoms with van der Waals surface area (Å²) < 4.78 is 0. The van der Waals surface area contributed by atoms with Crippen LogP contribution in [0.15, 0.2) is 0 Å². The average molecular weight is 842 g/mol. The summed E-state index contributed by atoms with van der Waals surface area (Å²) in [6.45, 7) is 2.51. The zero-order chi connectivity index (χ0) is 41.9. The van der Waals surface area contributed by atoms with Crippen molar-refractivity contribution in [2.45, 2.75) is 113 Å². The summed E-state index contributed by atoms with van der Waals surface area (Å²) in [5, 5.41) is 53.9. The van der Waals surface area contributed by atoms with Crippen LogP contribution in [0.25, 0.3) is 0 Å². The monoisotopic (exact) mass is 841 g/mol. The lowest BCUT2D eigenvalue weighted by Gasteiger charge is -2.40. The zero-order valence-electron chi connectivity index (χ0n) is 33.8. The molecule has 0 bridgehead atoms. The van der Waals surface area contributed by atoms with Crippen molar-refractivity contribution in [3.05, 3.63) is 0 Å². The topological polar surface area (TPSA) is 256 Å². The molecule has 0 aromatic rings. The number of rotatable bonds is 20. The molecule has 3 heterocycles. The molecule has 20 heteroatoms. The van der Waals surface area contributed by atoms with Gasteiger partial charge in [0.15, 0.2) is 0 Å². The van der Waals surface area contributed by atoms with Gasteiger partial charge in [0.25, 0.3) is 0 Å². The Hall–Kier alpha value is -3.27. The largest absolute Gasteiger partial charge is 0.480 e. The fraction of sp³-hybridized carbons (Fsp3) is 0.842. The Morgan fingerprint density at radius 2 is 1.38 bits per heavy atom. The number of carboxylic acid groups (broad SMARTS) is 2. The molecule has 9 N–H and O–H groups in total. The summed E-state index contributed by atoms with van der Waals surface area (Å²) >= 11 is 1.87. The summed E-state index contributed by atoms with van der Waals surface area (Å²) in [6, 6.07) is -0.620. The smallest absolute Gasteiger partial charge is 0.321 e. The molecule has 0 aromatic carbocycles. The van der Waals surface area contributed by atoms with Gasteiger partial charge in [-0.25, -0.2) is 9.59 Å². The van der Waals surface area contributed by atoms with Crippen molar-refractivity contribution in [2.75, 3.05) is 84.7 Å². The Labute approximate surface area is 345 Å². The van der Waals surface area contributed by atoms with Gasteiger partial charge in [-0.1, -0.05) is 12.8 Å². The van der Waals surface area contributed by atoms with E-state index in [1.807, 2.05) is 16.7 Å². The van der Waals surface area contributed by atoms with Crippen LogP contribution < -0.4 is 26.6 Å². The molecule has 1 saturated carbocycles. The van der Waals surface area contributed by atoms with E-state index in [1.54, 1.807) is 14.7 Å². The van der Waals surface area contributed by atoms with Gasteiger partial charge in [0.1, 0.15) is 0 Å². The molecule has 4 fully saturated rings. The number of thioether (sulfide) groups is 1. The molecule has 6 amide bonds.